The summed E-state index contributed by atoms with van der Waals surface area (Å²) in [6.07, 6.45) is 0. The number of aromatic nitrogens is 1. The maximum Gasteiger partial charge on any atom is 0.233 e. The Kier molecular flexibility index (Phi) is 4.75. The van der Waals surface area contributed by atoms with Crippen LogP contribution < -0.4 is 0 Å². The quantitative estimate of drug-likeness (QED) is 0.786. The maximum atomic E-state index is 11.5. The molecule has 0 aliphatic heterocycles. The molecule has 0 bridgehead atoms. The molecule has 0 atom stereocenters. The van der Waals surface area contributed by atoms with Gasteiger partial charge in [-0.2, -0.15) is 0 Å². The molecule has 4 heteroatoms. The first kappa shape index (κ1) is 12.2. The molecule has 1 amide bonds. The van der Waals surface area contributed by atoms with Gasteiger partial charge in [0.05, 0.1) is 17.6 Å². The minimum absolute atomic E-state index is 0.0980. The lowest BCUT2D eigenvalue weighted by molar-refractivity contribution is -0.128. The highest BCUT2D eigenvalue weighted by atomic mass is 79.9. The van der Waals surface area contributed by atoms with Crippen molar-refractivity contribution in [3.05, 3.63) is 29.6 Å². The van der Waals surface area contributed by atoms with Crippen LogP contribution in [0.25, 0.3) is 0 Å². The molecule has 0 saturated heterocycles. The zero-order valence-electron chi connectivity index (χ0n) is 9.03. The summed E-state index contributed by atoms with van der Waals surface area (Å²) < 4.78 is 0. The Labute approximate surface area is 98.6 Å². The number of alkyl halides is 1. The summed E-state index contributed by atoms with van der Waals surface area (Å²) in [5, 5.41) is 0.368. The van der Waals surface area contributed by atoms with Crippen molar-refractivity contribution in [2.45, 2.75) is 20.4 Å². The van der Waals surface area contributed by atoms with Gasteiger partial charge in [0.15, 0.2) is 0 Å². The number of carbonyl (C=O) groups is 1. The number of rotatable bonds is 4. The third-order valence-electron chi connectivity index (χ3n) is 2.15. The lowest BCUT2D eigenvalue weighted by Gasteiger charge is -2.19. The molecule has 0 radical (unpaired) electrons. The lowest BCUT2D eigenvalue weighted by atomic mass is 10.3. The van der Waals surface area contributed by atoms with Crippen LogP contribution in [0.4, 0.5) is 0 Å². The molecule has 82 valence electrons. The minimum atomic E-state index is 0.0980. The zero-order valence-corrected chi connectivity index (χ0v) is 10.6. The fourth-order valence-electron chi connectivity index (χ4n) is 1.34. The minimum Gasteiger partial charge on any atom is -0.336 e. The average Bonchev–Trinajstić information content (AvgIpc) is 2.25. The normalized spacial score (nSPS) is 10.1. The zero-order chi connectivity index (χ0) is 11.3. The second kappa shape index (κ2) is 5.85. The van der Waals surface area contributed by atoms with E-state index in [1.165, 1.54) is 0 Å². The molecule has 0 spiro atoms. The first-order chi connectivity index (χ1) is 7.17. The van der Waals surface area contributed by atoms with E-state index >= 15 is 0 Å². The number of pyridine rings is 1. The molecule has 0 N–H and O–H groups in total. The smallest absolute Gasteiger partial charge is 0.233 e. The van der Waals surface area contributed by atoms with Gasteiger partial charge in [0.1, 0.15) is 0 Å². The van der Waals surface area contributed by atoms with Crippen molar-refractivity contribution in [2.24, 2.45) is 0 Å². The van der Waals surface area contributed by atoms with Crippen molar-refractivity contribution in [3.63, 3.8) is 0 Å². The van der Waals surface area contributed by atoms with Crippen LogP contribution in [0.1, 0.15) is 18.3 Å². The number of hydrogen-bond acceptors (Lipinski definition) is 2. The van der Waals surface area contributed by atoms with Gasteiger partial charge >= 0.3 is 0 Å². The number of amides is 1. The van der Waals surface area contributed by atoms with Crippen LogP contribution in [0.5, 0.6) is 0 Å². The van der Waals surface area contributed by atoms with Gasteiger partial charge < -0.3 is 4.90 Å². The first-order valence-electron chi connectivity index (χ1n) is 4.93. The summed E-state index contributed by atoms with van der Waals surface area (Å²) in [4.78, 5) is 17.6. The first-order valence-corrected chi connectivity index (χ1v) is 6.05. The van der Waals surface area contributed by atoms with Gasteiger partial charge in [-0.05, 0) is 26.0 Å². The van der Waals surface area contributed by atoms with Crippen LogP contribution in [0.2, 0.25) is 0 Å². The van der Waals surface area contributed by atoms with E-state index < -0.39 is 0 Å². The van der Waals surface area contributed by atoms with E-state index in [1.807, 2.05) is 32.0 Å². The number of nitrogens with zero attached hydrogens (tertiary/aromatic N) is 2. The van der Waals surface area contributed by atoms with E-state index in [9.17, 15) is 4.79 Å². The van der Waals surface area contributed by atoms with Crippen LogP contribution >= 0.6 is 15.9 Å². The van der Waals surface area contributed by atoms with E-state index in [0.29, 0.717) is 18.4 Å². The largest absolute Gasteiger partial charge is 0.336 e. The van der Waals surface area contributed by atoms with Crippen molar-refractivity contribution in [2.75, 3.05) is 11.9 Å². The van der Waals surface area contributed by atoms with Gasteiger partial charge in [-0.3, -0.25) is 9.78 Å². The van der Waals surface area contributed by atoms with E-state index in [0.717, 1.165) is 11.4 Å². The van der Waals surface area contributed by atoms with Crippen LogP contribution in [-0.4, -0.2) is 27.7 Å². The van der Waals surface area contributed by atoms with E-state index in [4.69, 9.17) is 0 Å². The Morgan fingerprint density at radius 2 is 2.27 bits per heavy atom. The van der Waals surface area contributed by atoms with Crippen LogP contribution in [0.15, 0.2) is 18.2 Å². The summed E-state index contributed by atoms with van der Waals surface area (Å²) in [6, 6.07) is 5.85. The van der Waals surface area contributed by atoms with Crippen molar-refractivity contribution in [1.82, 2.24) is 9.88 Å². The molecule has 0 aliphatic carbocycles. The number of aryl methyl sites for hydroxylation is 1. The van der Waals surface area contributed by atoms with Gasteiger partial charge in [0, 0.05) is 12.2 Å². The second-order valence-corrected chi connectivity index (χ2v) is 3.87. The highest BCUT2D eigenvalue weighted by Crippen LogP contribution is 2.04. The third kappa shape index (κ3) is 3.63. The van der Waals surface area contributed by atoms with Gasteiger partial charge in [0.25, 0.3) is 0 Å². The molecule has 3 nitrogen and oxygen atoms in total. The van der Waals surface area contributed by atoms with Crippen molar-refractivity contribution < 1.29 is 4.79 Å². The highest BCUT2D eigenvalue weighted by Gasteiger charge is 2.10. The van der Waals surface area contributed by atoms with E-state index in [-0.39, 0.29) is 5.91 Å². The van der Waals surface area contributed by atoms with Crippen molar-refractivity contribution in [3.8, 4) is 0 Å². The summed E-state index contributed by atoms with van der Waals surface area (Å²) in [7, 11) is 0. The summed E-state index contributed by atoms with van der Waals surface area (Å²) >= 11 is 3.17. The SMILES string of the molecule is CCN(Cc1cccc(C)n1)C(=O)CBr. The molecule has 1 heterocycles. The molecule has 15 heavy (non-hydrogen) atoms. The Balaban J connectivity index is 2.70. The Morgan fingerprint density at radius 1 is 1.53 bits per heavy atom. The van der Waals surface area contributed by atoms with Gasteiger partial charge in [0.2, 0.25) is 5.91 Å². The van der Waals surface area contributed by atoms with Crippen molar-refractivity contribution >= 4 is 21.8 Å². The molecule has 0 saturated carbocycles. The number of hydrogen-bond donors (Lipinski definition) is 0. The third-order valence-corrected chi connectivity index (χ3v) is 2.63. The Morgan fingerprint density at radius 3 is 2.80 bits per heavy atom. The molecule has 1 aromatic heterocycles. The van der Waals surface area contributed by atoms with E-state index in [1.54, 1.807) is 4.90 Å². The van der Waals surface area contributed by atoms with Crippen LogP contribution in [-0.2, 0) is 11.3 Å². The molecule has 1 aromatic rings. The van der Waals surface area contributed by atoms with Crippen LogP contribution in [0.3, 0.4) is 0 Å². The van der Waals surface area contributed by atoms with Gasteiger partial charge in [-0.1, -0.05) is 22.0 Å². The summed E-state index contributed by atoms with van der Waals surface area (Å²) in [5.74, 6) is 0.0980. The standard InChI is InChI=1S/C11H15BrN2O/c1-3-14(11(15)7-12)8-10-6-4-5-9(2)13-10/h4-6H,3,7-8H2,1-2H3. The maximum absolute atomic E-state index is 11.5. The Hall–Kier alpha value is -0.900. The van der Waals surface area contributed by atoms with Gasteiger partial charge in [-0.25, -0.2) is 0 Å². The second-order valence-electron chi connectivity index (χ2n) is 3.31. The fraction of sp³-hybridized carbons (Fsp3) is 0.455. The molecule has 0 aromatic carbocycles. The molecule has 0 aliphatic rings. The van der Waals surface area contributed by atoms with Crippen molar-refractivity contribution in [1.29, 1.82) is 0 Å². The number of halogens is 1. The summed E-state index contributed by atoms with van der Waals surface area (Å²) in [5.41, 5.74) is 1.92. The molecule has 0 unspecified atom stereocenters. The summed E-state index contributed by atoms with van der Waals surface area (Å²) in [6.45, 7) is 5.21. The molecular formula is C11H15BrN2O. The fourth-order valence-corrected chi connectivity index (χ4v) is 1.70. The topological polar surface area (TPSA) is 33.2 Å². The number of carbonyl (C=O) groups excluding carboxylic acids is 1. The Bertz CT molecular complexity index is 341. The lowest BCUT2D eigenvalue weighted by Crippen LogP contribution is -2.31. The predicted molar refractivity (Wildman–Crippen MR) is 63.9 cm³/mol. The average molecular weight is 271 g/mol. The monoisotopic (exact) mass is 270 g/mol. The molecule has 0 fully saturated rings. The highest BCUT2D eigenvalue weighted by molar-refractivity contribution is 9.09. The molecular weight excluding hydrogens is 256 g/mol. The van der Waals surface area contributed by atoms with Crippen LogP contribution in [0, 0.1) is 6.92 Å². The molecule has 1 rings (SSSR count). The van der Waals surface area contributed by atoms with Gasteiger partial charge in [-0.15, -0.1) is 0 Å². The van der Waals surface area contributed by atoms with E-state index in [2.05, 4.69) is 20.9 Å². The predicted octanol–water partition coefficient (Wildman–Crippen LogP) is 2.13.